The van der Waals surface area contributed by atoms with E-state index < -0.39 is 5.97 Å². The van der Waals surface area contributed by atoms with Gasteiger partial charge in [0.05, 0.1) is 19.8 Å². The minimum absolute atomic E-state index is 0. The van der Waals surface area contributed by atoms with Gasteiger partial charge in [-0.3, -0.25) is 30.0 Å². The average molecular weight is 593 g/mol. The molecule has 0 aromatic heterocycles. The molecule has 0 spiro atoms. The van der Waals surface area contributed by atoms with Crippen molar-refractivity contribution in [3.05, 3.63) is 0 Å². The van der Waals surface area contributed by atoms with Gasteiger partial charge in [-0.1, -0.05) is 6.54 Å². The van der Waals surface area contributed by atoms with E-state index in [-0.39, 0.29) is 107 Å². The van der Waals surface area contributed by atoms with Gasteiger partial charge in [-0.15, -0.1) is 0 Å². The third-order valence-electron chi connectivity index (χ3n) is 8.42. The summed E-state index contributed by atoms with van der Waals surface area (Å²) >= 11 is 0. The Morgan fingerprint density at radius 1 is 0.667 bits per heavy atom. The number of rotatable bonds is 10. The number of hydrogen-bond acceptors (Lipinski definition) is 10. The van der Waals surface area contributed by atoms with Gasteiger partial charge in [0.2, 0.25) is 0 Å². The number of carbonyl (C=O) groups excluding carboxylic acids is 1. The molecule has 8 atom stereocenters. The summed E-state index contributed by atoms with van der Waals surface area (Å²) in [6, 6.07) is -0.661. The second kappa shape index (κ2) is 17.5. The molecule has 0 aliphatic carbocycles. The molecule has 209 valence electrons. The Balaban J connectivity index is 0.0000122. The van der Waals surface area contributed by atoms with Crippen LogP contribution in [-0.4, -0.2) is 135 Å². The number of nitrogens with zero attached hydrogens (tertiary/aromatic N) is 4. The number of carboxylic acids is 1. The fourth-order valence-corrected chi connectivity index (χ4v) is 5.61. The maximum Gasteiger partial charge on any atom is 0.317 e. The summed E-state index contributed by atoms with van der Waals surface area (Å²) in [6.45, 7) is 17.6. The van der Waals surface area contributed by atoms with Crippen LogP contribution in [0, 0.1) is 0 Å². The first-order valence-electron chi connectivity index (χ1n) is 12.6. The predicted octanol–water partition coefficient (Wildman–Crippen LogP) is 1.49. The van der Waals surface area contributed by atoms with Crippen LogP contribution in [0.25, 0.3) is 0 Å². The van der Waals surface area contributed by atoms with E-state index >= 15 is 0 Å². The zero-order chi connectivity index (χ0) is 26.9. The van der Waals surface area contributed by atoms with E-state index in [2.05, 4.69) is 59.1 Å². The summed E-state index contributed by atoms with van der Waals surface area (Å²) in [5.74, 6) is -0.910. The minimum Gasteiger partial charge on any atom is -0.541 e. The Morgan fingerprint density at radius 3 is 1.25 bits per heavy atom. The van der Waals surface area contributed by atoms with Crippen molar-refractivity contribution in [3.8, 4) is 0 Å². The summed E-state index contributed by atoms with van der Waals surface area (Å²) < 4.78 is 0. The van der Waals surface area contributed by atoms with Gasteiger partial charge in [-0.25, -0.2) is 16.1 Å². The average Bonchev–Trinajstić information content (AvgIpc) is 2.83. The third kappa shape index (κ3) is 9.29. The van der Waals surface area contributed by atoms with Crippen LogP contribution in [-0.2, 0) is 52.1 Å². The summed E-state index contributed by atoms with van der Waals surface area (Å²) in [6.07, 6.45) is 2.05. The van der Waals surface area contributed by atoms with E-state index in [1.54, 1.807) is 0 Å². The summed E-state index contributed by atoms with van der Waals surface area (Å²) in [5.41, 5.74) is 0. The molecule has 1 heterocycles. The van der Waals surface area contributed by atoms with Gasteiger partial charge in [-0.2, -0.15) is 0 Å². The number of aliphatic carboxylic acids is 1. The molecule has 0 aromatic carbocycles. The van der Waals surface area contributed by atoms with E-state index in [1.165, 1.54) is 0 Å². The molecule has 1 fully saturated rings. The smallest absolute Gasteiger partial charge is 0.317 e. The van der Waals surface area contributed by atoms with E-state index in [0.717, 1.165) is 0 Å². The van der Waals surface area contributed by atoms with Gasteiger partial charge < -0.3 is 14.8 Å². The molecule has 1 radical (unpaired) electrons. The van der Waals surface area contributed by atoms with Gasteiger partial charge in [0.1, 0.15) is 0 Å². The van der Waals surface area contributed by atoms with Crippen LogP contribution in [0.5, 0.6) is 0 Å². The van der Waals surface area contributed by atoms with Gasteiger partial charge in [0.15, 0.2) is 0 Å². The summed E-state index contributed by atoms with van der Waals surface area (Å²) in [7, 11) is 0. The van der Waals surface area contributed by atoms with E-state index in [4.69, 9.17) is 10.5 Å². The fourth-order valence-electron chi connectivity index (χ4n) is 5.61. The van der Waals surface area contributed by atoms with Crippen LogP contribution in [0.1, 0.15) is 55.4 Å². The molecule has 11 nitrogen and oxygen atoms in total. The van der Waals surface area contributed by atoms with Gasteiger partial charge >= 0.3 is 5.97 Å². The van der Waals surface area contributed by atoms with Crippen molar-refractivity contribution < 1.29 is 67.7 Å². The Bertz CT molecular complexity index is 650. The van der Waals surface area contributed by atoms with E-state index in [0.29, 0.717) is 13.1 Å². The molecule has 1 rings (SSSR count). The Labute approximate surface area is 241 Å². The first-order valence-corrected chi connectivity index (χ1v) is 12.6. The van der Waals surface area contributed by atoms with Crippen LogP contribution in [0.15, 0.2) is 0 Å². The van der Waals surface area contributed by atoms with Gasteiger partial charge in [0, 0.05) is 94.1 Å². The molecule has 36 heavy (non-hydrogen) atoms. The zero-order valence-electron chi connectivity index (χ0n) is 23.2. The van der Waals surface area contributed by atoms with Crippen molar-refractivity contribution in [2.45, 2.75) is 104 Å². The van der Waals surface area contributed by atoms with Crippen LogP contribution in [0.3, 0.4) is 0 Å². The Morgan fingerprint density at radius 2 is 0.972 bits per heavy atom. The molecule has 3 N–H and O–H groups in total. The maximum absolute atomic E-state index is 11.9. The summed E-state index contributed by atoms with van der Waals surface area (Å²) in [4.78, 5) is 40.8. The second-order valence-electron chi connectivity index (χ2n) is 9.95. The fraction of sp³-hybridized carbons (Fsp3) is 0.917. The standard InChI is InChI=1S/C24H47N4O7.Y/c1-16-17(2)26(10-13-34-32)18(3)19(4)27(11-14-35-33)21(6)23(8)28(15-24(30)31)22(7)20(5)25(16)9-12-29;/h16-23,32-33H,9-11,13-15H2,1-8H3,(H,30,31);/q-1;. The SMILES string of the molecule is CC1C(C)N(CCOO)C(C)C(C)N(CCOO)C(C)C(C)N(CC(=O)O)C(C)C(C)N1C[C-]=O.[Y]. The van der Waals surface area contributed by atoms with Crippen LogP contribution in [0.2, 0.25) is 0 Å². The minimum atomic E-state index is -0.910. The molecular formula is C24H47N4O7Y-. The molecular weight excluding hydrogens is 545 g/mol. The van der Waals surface area contributed by atoms with Crippen molar-refractivity contribution in [2.24, 2.45) is 0 Å². The van der Waals surface area contributed by atoms with E-state index in [9.17, 15) is 14.7 Å². The molecule has 1 aliphatic heterocycles. The molecule has 0 bridgehead atoms. The zero-order valence-corrected chi connectivity index (χ0v) is 26.0. The van der Waals surface area contributed by atoms with Crippen LogP contribution >= 0.6 is 0 Å². The number of carbonyl (C=O) groups is 1. The van der Waals surface area contributed by atoms with Crippen LogP contribution in [0.4, 0.5) is 0 Å². The Hall–Kier alpha value is -0.0761. The number of carboxylic acid groups (broad SMARTS) is 1. The van der Waals surface area contributed by atoms with Crippen molar-refractivity contribution in [3.63, 3.8) is 0 Å². The molecule has 1 aliphatic rings. The monoisotopic (exact) mass is 592 g/mol. The first-order chi connectivity index (χ1) is 16.4. The quantitative estimate of drug-likeness (QED) is 0.194. The third-order valence-corrected chi connectivity index (χ3v) is 8.42. The molecule has 0 aromatic rings. The van der Waals surface area contributed by atoms with Crippen molar-refractivity contribution >= 4 is 12.3 Å². The van der Waals surface area contributed by atoms with E-state index in [1.807, 2.05) is 32.0 Å². The topological polar surface area (TPSA) is 126 Å². The van der Waals surface area contributed by atoms with Crippen molar-refractivity contribution in [1.29, 1.82) is 0 Å². The molecule has 0 saturated carbocycles. The van der Waals surface area contributed by atoms with Crippen molar-refractivity contribution in [2.75, 3.05) is 39.4 Å². The van der Waals surface area contributed by atoms with Crippen molar-refractivity contribution in [1.82, 2.24) is 19.6 Å². The normalized spacial score (nSPS) is 34.4. The molecule has 0 amide bonds. The molecule has 12 heteroatoms. The summed E-state index contributed by atoms with van der Waals surface area (Å²) in [5, 5.41) is 27.9. The Kier molecular flexibility index (Phi) is 17.5. The van der Waals surface area contributed by atoms with Crippen LogP contribution < -0.4 is 0 Å². The maximum atomic E-state index is 11.9. The van der Waals surface area contributed by atoms with Gasteiger partial charge in [-0.05, 0) is 55.4 Å². The number of hydrogen-bond donors (Lipinski definition) is 3. The largest absolute Gasteiger partial charge is 0.541 e. The molecule has 8 unspecified atom stereocenters. The first kappa shape index (κ1) is 35.9. The predicted molar refractivity (Wildman–Crippen MR) is 133 cm³/mol. The second-order valence-corrected chi connectivity index (χ2v) is 9.95. The van der Waals surface area contributed by atoms with Gasteiger partial charge in [0.25, 0.3) is 0 Å². The molecule has 1 saturated heterocycles.